The summed E-state index contributed by atoms with van der Waals surface area (Å²) in [5.41, 5.74) is 2.06. The SMILES string of the molecule is COCC(C(C)C)n1c(=S)[nH]c2cnccc21. The van der Waals surface area contributed by atoms with Crippen molar-refractivity contribution in [3.8, 4) is 0 Å². The molecule has 17 heavy (non-hydrogen) atoms. The van der Waals surface area contributed by atoms with Gasteiger partial charge in [-0.15, -0.1) is 0 Å². The predicted molar refractivity (Wildman–Crippen MR) is 70.7 cm³/mol. The fraction of sp³-hybridized carbons (Fsp3) is 0.500. The van der Waals surface area contributed by atoms with Crippen LogP contribution in [0.15, 0.2) is 18.5 Å². The number of hydrogen-bond acceptors (Lipinski definition) is 3. The maximum absolute atomic E-state index is 5.39. The van der Waals surface area contributed by atoms with Gasteiger partial charge in [0.1, 0.15) is 0 Å². The Hall–Kier alpha value is -1.20. The van der Waals surface area contributed by atoms with Gasteiger partial charge in [0.2, 0.25) is 0 Å². The second-order valence-corrected chi connectivity index (χ2v) is 4.85. The molecule has 0 aliphatic carbocycles. The third-order valence-corrected chi connectivity index (χ3v) is 3.26. The highest BCUT2D eigenvalue weighted by Gasteiger charge is 2.18. The fourth-order valence-electron chi connectivity index (χ4n) is 2.04. The van der Waals surface area contributed by atoms with Crippen LogP contribution in [0.25, 0.3) is 11.0 Å². The first kappa shape index (κ1) is 12.3. The molecule has 0 amide bonds. The van der Waals surface area contributed by atoms with Crippen LogP contribution in [0.4, 0.5) is 0 Å². The number of methoxy groups -OCH3 is 1. The molecule has 1 N–H and O–H groups in total. The summed E-state index contributed by atoms with van der Waals surface area (Å²) in [6, 6.07) is 2.22. The smallest absolute Gasteiger partial charge is 0.178 e. The summed E-state index contributed by atoms with van der Waals surface area (Å²) in [7, 11) is 1.72. The normalized spacial score (nSPS) is 13.4. The number of hydrogen-bond donors (Lipinski definition) is 1. The number of aromatic amines is 1. The lowest BCUT2D eigenvalue weighted by Gasteiger charge is -2.22. The highest BCUT2D eigenvalue weighted by molar-refractivity contribution is 7.71. The second-order valence-electron chi connectivity index (χ2n) is 4.46. The molecule has 92 valence electrons. The molecule has 0 fully saturated rings. The van der Waals surface area contributed by atoms with Crippen LogP contribution in [0.1, 0.15) is 19.9 Å². The van der Waals surface area contributed by atoms with E-state index in [2.05, 4.69) is 28.4 Å². The van der Waals surface area contributed by atoms with E-state index in [1.54, 1.807) is 19.5 Å². The van der Waals surface area contributed by atoms with E-state index >= 15 is 0 Å². The van der Waals surface area contributed by atoms with E-state index in [4.69, 9.17) is 17.0 Å². The third-order valence-electron chi connectivity index (χ3n) is 2.96. The zero-order chi connectivity index (χ0) is 12.4. The Balaban J connectivity index is 2.59. The molecule has 0 aliphatic heterocycles. The maximum Gasteiger partial charge on any atom is 0.178 e. The second kappa shape index (κ2) is 4.98. The van der Waals surface area contributed by atoms with Crippen LogP contribution in [0.5, 0.6) is 0 Å². The molecular formula is C12H17N3OS. The van der Waals surface area contributed by atoms with Gasteiger partial charge in [-0.25, -0.2) is 0 Å². The molecule has 0 spiro atoms. The highest BCUT2D eigenvalue weighted by Crippen LogP contribution is 2.24. The van der Waals surface area contributed by atoms with Gasteiger partial charge in [0, 0.05) is 13.3 Å². The van der Waals surface area contributed by atoms with Gasteiger partial charge >= 0.3 is 0 Å². The van der Waals surface area contributed by atoms with Crippen LogP contribution >= 0.6 is 12.2 Å². The van der Waals surface area contributed by atoms with E-state index in [9.17, 15) is 0 Å². The van der Waals surface area contributed by atoms with Crippen LogP contribution in [0, 0.1) is 10.7 Å². The van der Waals surface area contributed by atoms with Gasteiger partial charge < -0.3 is 14.3 Å². The summed E-state index contributed by atoms with van der Waals surface area (Å²) in [5, 5.41) is 0. The van der Waals surface area contributed by atoms with Gasteiger partial charge in [0.25, 0.3) is 0 Å². The van der Waals surface area contributed by atoms with Gasteiger partial charge in [0.15, 0.2) is 4.77 Å². The van der Waals surface area contributed by atoms with E-state index in [-0.39, 0.29) is 6.04 Å². The van der Waals surface area contributed by atoms with Crippen LogP contribution in [0.3, 0.4) is 0 Å². The molecule has 2 aromatic rings. The number of imidazole rings is 1. The van der Waals surface area contributed by atoms with Crippen molar-refractivity contribution in [3.63, 3.8) is 0 Å². The standard InChI is InChI=1S/C12H17N3OS/c1-8(2)11(7-16-3)15-10-4-5-13-6-9(10)14-12(15)17/h4-6,8,11H,7H2,1-3H3,(H,14,17). The number of rotatable bonds is 4. The molecule has 2 aromatic heterocycles. The molecule has 2 heterocycles. The van der Waals surface area contributed by atoms with Crippen molar-refractivity contribution < 1.29 is 4.74 Å². The lowest BCUT2D eigenvalue weighted by Crippen LogP contribution is -2.20. The summed E-state index contributed by atoms with van der Waals surface area (Å²) >= 11 is 5.39. The molecule has 0 saturated heterocycles. The Morgan fingerprint density at radius 2 is 2.29 bits per heavy atom. The van der Waals surface area contributed by atoms with E-state index in [1.807, 2.05) is 6.07 Å². The topological polar surface area (TPSA) is 42.8 Å². The lowest BCUT2D eigenvalue weighted by atomic mass is 10.1. The van der Waals surface area contributed by atoms with Crippen molar-refractivity contribution in [3.05, 3.63) is 23.2 Å². The number of ether oxygens (including phenoxy) is 1. The van der Waals surface area contributed by atoms with Crippen molar-refractivity contribution in [2.75, 3.05) is 13.7 Å². The predicted octanol–water partition coefficient (Wildman–Crippen LogP) is 2.94. The molecule has 1 atom stereocenters. The average Bonchev–Trinajstić information content (AvgIpc) is 2.62. The maximum atomic E-state index is 5.39. The average molecular weight is 251 g/mol. The zero-order valence-corrected chi connectivity index (χ0v) is 11.1. The summed E-state index contributed by atoms with van der Waals surface area (Å²) in [6.45, 7) is 5.00. The lowest BCUT2D eigenvalue weighted by molar-refractivity contribution is 0.134. The molecule has 1 unspecified atom stereocenters. The molecule has 2 rings (SSSR count). The summed E-state index contributed by atoms with van der Waals surface area (Å²) in [6.07, 6.45) is 3.58. The Kier molecular flexibility index (Phi) is 3.59. The van der Waals surface area contributed by atoms with Gasteiger partial charge in [-0.3, -0.25) is 4.98 Å². The van der Waals surface area contributed by atoms with Crippen LogP contribution in [0.2, 0.25) is 0 Å². The Morgan fingerprint density at radius 1 is 1.53 bits per heavy atom. The van der Waals surface area contributed by atoms with Crippen molar-refractivity contribution >= 4 is 23.3 Å². The van der Waals surface area contributed by atoms with Crippen LogP contribution < -0.4 is 0 Å². The number of H-pyrrole nitrogens is 1. The first-order valence-corrected chi connectivity index (χ1v) is 6.09. The van der Waals surface area contributed by atoms with Crippen molar-refractivity contribution in [1.29, 1.82) is 0 Å². The van der Waals surface area contributed by atoms with Crippen molar-refractivity contribution in [2.24, 2.45) is 5.92 Å². The molecule has 0 aliphatic rings. The summed E-state index contributed by atoms with van der Waals surface area (Å²) < 4.78 is 8.15. The minimum Gasteiger partial charge on any atom is -0.383 e. The highest BCUT2D eigenvalue weighted by atomic mass is 32.1. The molecule has 4 nitrogen and oxygen atoms in total. The monoisotopic (exact) mass is 251 g/mol. The van der Waals surface area contributed by atoms with E-state index in [0.29, 0.717) is 12.5 Å². The van der Waals surface area contributed by atoms with Gasteiger partial charge in [-0.05, 0) is 24.2 Å². The number of nitrogens with one attached hydrogen (secondary N) is 1. The molecule has 0 saturated carbocycles. The summed E-state index contributed by atoms with van der Waals surface area (Å²) in [5.74, 6) is 0.453. The van der Waals surface area contributed by atoms with Gasteiger partial charge in [-0.1, -0.05) is 13.8 Å². The van der Waals surface area contributed by atoms with Crippen molar-refractivity contribution in [2.45, 2.75) is 19.9 Å². The Labute approximate surface area is 106 Å². The number of fused-ring (bicyclic) bond motifs is 1. The molecule has 5 heteroatoms. The van der Waals surface area contributed by atoms with Crippen LogP contribution in [-0.4, -0.2) is 28.3 Å². The molecule has 0 bridgehead atoms. The summed E-state index contributed by atoms with van der Waals surface area (Å²) in [4.78, 5) is 7.28. The zero-order valence-electron chi connectivity index (χ0n) is 10.3. The minimum atomic E-state index is 0.239. The first-order valence-electron chi connectivity index (χ1n) is 5.68. The number of nitrogens with zero attached hydrogens (tertiary/aromatic N) is 2. The molecule has 0 radical (unpaired) electrons. The van der Waals surface area contributed by atoms with Crippen molar-refractivity contribution in [1.82, 2.24) is 14.5 Å². The number of aromatic nitrogens is 3. The van der Waals surface area contributed by atoms with Gasteiger partial charge in [0.05, 0.1) is 29.9 Å². The minimum absolute atomic E-state index is 0.239. The molecule has 0 aromatic carbocycles. The quantitative estimate of drug-likeness (QED) is 0.850. The number of pyridine rings is 1. The third kappa shape index (κ3) is 2.25. The van der Waals surface area contributed by atoms with E-state index in [0.717, 1.165) is 15.8 Å². The Morgan fingerprint density at radius 3 is 2.94 bits per heavy atom. The fourth-order valence-corrected chi connectivity index (χ4v) is 2.39. The van der Waals surface area contributed by atoms with Crippen LogP contribution in [-0.2, 0) is 4.74 Å². The molecular weight excluding hydrogens is 234 g/mol. The van der Waals surface area contributed by atoms with E-state index in [1.165, 1.54) is 0 Å². The Bertz CT molecular complexity index is 558. The van der Waals surface area contributed by atoms with Gasteiger partial charge in [-0.2, -0.15) is 0 Å². The largest absolute Gasteiger partial charge is 0.383 e. The van der Waals surface area contributed by atoms with E-state index < -0.39 is 0 Å². The first-order chi connectivity index (χ1) is 8.15.